The molecule has 0 aromatic heterocycles. The number of ether oxygens (including phenoxy) is 1. The van der Waals surface area contributed by atoms with Crippen LogP contribution in [0, 0.1) is 0 Å². The summed E-state index contributed by atoms with van der Waals surface area (Å²) >= 11 is 1.82. The number of amides is 1. The van der Waals surface area contributed by atoms with Gasteiger partial charge in [0.05, 0.1) is 0 Å². The van der Waals surface area contributed by atoms with Gasteiger partial charge in [-0.3, -0.25) is 4.79 Å². The fraction of sp³-hybridized carbons (Fsp3) is 0.261. The highest BCUT2D eigenvalue weighted by molar-refractivity contribution is 7.98. The monoisotopic (exact) mass is 379 g/mol. The van der Waals surface area contributed by atoms with E-state index >= 15 is 0 Å². The van der Waals surface area contributed by atoms with Gasteiger partial charge in [0.2, 0.25) is 0 Å². The van der Waals surface area contributed by atoms with E-state index in [0.717, 1.165) is 28.0 Å². The maximum absolute atomic E-state index is 12.4. The van der Waals surface area contributed by atoms with Gasteiger partial charge in [-0.25, -0.2) is 0 Å². The molecule has 3 aromatic rings. The van der Waals surface area contributed by atoms with E-state index in [4.69, 9.17) is 4.74 Å². The standard InChI is InChI=1S/C23H25NO2S/c1-2-22(26-21-13-12-19-10-6-7-11-20(19)16-21)23(25)24-14-15-27-17-18-8-4-3-5-9-18/h3-13,16,22H,2,14-15,17H2,1H3,(H,24,25)/t22-/m1/s1. The first kappa shape index (κ1) is 19.3. The van der Waals surface area contributed by atoms with Crippen LogP contribution in [0.2, 0.25) is 0 Å². The summed E-state index contributed by atoms with van der Waals surface area (Å²) in [7, 11) is 0. The molecule has 0 aliphatic rings. The molecule has 140 valence electrons. The van der Waals surface area contributed by atoms with Crippen LogP contribution in [0.1, 0.15) is 18.9 Å². The van der Waals surface area contributed by atoms with Crippen molar-refractivity contribution in [3.63, 3.8) is 0 Å². The summed E-state index contributed by atoms with van der Waals surface area (Å²) in [5, 5.41) is 5.27. The van der Waals surface area contributed by atoms with Gasteiger partial charge in [-0.05, 0) is 34.9 Å². The summed E-state index contributed by atoms with van der Waals surface area (Å²) in [6.07, 6.45) is 0.167. The van der Waals surface area contributed by atoms with Gasteiger partial charge in [-0.2, -0.15) is 11.8 Å². The van der Waals surface area contributed by atoms with Crippen molar-refractivity contribution in [2.24, 2.45) is 0 Å². The number of hydrogen-bond acceptors (Lipinski definition) is 3. The Kier molecular flexibility index (Phi) is 7.17. The maximum atomic E-state index is 12.4. The molecule has 0 fully saturated rings. The van der Waals surface area contributed by atoms with Crippen molar-refractivity contribution in [2.75, 3.05) is 12.3 Å². The van der Waals surface area contributed by atoms with E-state index in [1.165, 1.54) is 5.56 Å². The third-order valence-electron chi connectivity index (χ3n) is 4.32. The molecule has 0 unspecified atom stereocenters. The molecule has 27 heavy (non-hydrogen) atoms. The van der Waals surface area contributed by atoms with Gasteiger partial charge in [-0.1, -0.05) is 67.6 Å². The molecule has 0 aliphatic heterocycles. The van der Waals surface area contributed by atoms with E-state index in [-0.39, 0.29) is 5.91 Å². The van der Waals surface area contributed by atoms with Gasteiger partial charge in [0.25, 0.3) is 5.91 Å². The molecule has 0 spiro atoms. The number of rotatable bonds is 9. The largest absolute Gasteiger partial charge is 0.481 e. The minimum Gasteiger partial charge on any atom is -0.481 e. The Hall–Kier alpha value is -2.46. The molecule has 1 amide bonds. The highest BCUT2D eigenvalue weighted by atomic mass is 32.2. The lowest BCUT2D eigenvalue weighted by atomic mass is 10.1. The van der Waals surface area contributed by atoms with Crippen molar-refractivity contribution < 1.29 is 9.53 Å². The second kappa shape index (κ2) is 10.0. The van der Waals surface area contributed by atoms with Crippen molar-refractivity contribution in [1.82, 2.24) is 5.32 Å². The van der Waals surface area contributed by atoms with Crippen molar-refractivity contribution in [2.45, 2.75) is 25.2 Å². The van der Waals surface area contributed by atoms with Gasteiger partial charge >= 0.3 is 0 Å². The Balaban J connectivity index is 1.45. The van der Waals surface area contributed by atoms with Crippen LogP contribution in [0.5, 0.6) is 5.75 Å². The molecule has 0 saturated heterocycles. The Morgan fingerprint density at radius 2 is 1.74 bits per heavy atom. The van der Waals surface area contributed by atoms with E-state index in [0.29, 0.717) is 13.0 Å². The van der Waals surface area contributed by atoms with Crippen LogP contribution in [0.4, 0.5) is 0 Å². The van der Waals surface area contributed by atoms with E-state index < -0.39 is 6.10 Å². The van der Waals surface area contributed by atoms with Crippen LogP contribution in [0.15, 0.2) is 72.8 Å². The molecule has 1 N–H and O–H groups in total. The van der Waals surface area contributed by atoms with Crippen molar-refractivity contribution in [3.8, 4) is 5.75 Å². The van der Waals surface area contributed by atoms with Gasteiger partial charge in [0.15, 0.2) is 6.10 Å². The quantitative estimate of drug-likeness (QED) is 0.529. The highest BCUT2D eigenvalue weighted by Crippen LogP contribution is 2.22. The minimum atomic E-state index is -0.467. The van der Waals surface area contributed by atoms with Gasteiger partial charge in [-0.15, -0.1) is 0 Å². The van der Waals surface area contributed by atoms with Crippen LogP contribution in [0.25, 0.3) is 10.8 Å². The number of carbonyl (C=O) groups excluding carboxylic acids is 1. The third-order valence-corrected chi connectivity index (χ3v) is 5.35. The lowest BCUT2D eigenvalue weighted by molar-refractivity contribution is -0.127. The SMILES string of the molecule is CC[C@@H](Oc1ccc2ccccc2c1)C(=O)NCCSCc1ccccc1. The van der Waals surface area contributed by atoms with E-state index in [9.17, 15) is 4.79 Å². The van der Waals surface area contributed by atoms with Crippen LogP contribution in [-0.2, 0) is 10.5 Å². The average molecular weight is 380 g/mol. The Morgan fingerprint density at radius 3 is 2.52 bits per heavy atom. The molecule has 1 atom stereocenters. The number of benzene rings is 3. The summed E-state index contributed by atoms with van der Waals surface area (Å²) in [6.45, 7) is 2.61. The maximum Gasteiger partial charge on any atom is 0.261 e. The van der Waals surface area contributed by atoms with Crippen molar-refractivity contribution >= 4 is 28.4 Å². The summed E-state index contributed by atoms with van der Waals surface area (Å²) in [4.78, 5) is 12.4. The zero-order chi connectivity index (χ0) is 18.9. The molecule has 3 nitrogen and oxygen atoms in total. The molecular weight excluding hydrogens is 354 g/mol. The van der Waals surface area contributed by atoms with Crippen LogP contribution in [-0.4, -0.2) is 24.3 Å². The molecule has 0 bridgehead atoms. The van der Waals surface area contributed by atoms with Gasteiger partial charge in [0.1, 0.15) is 5.75 Å². The number of carbonyl (C=O) groups is 1. The number of thioether (sulfide) groups is 1. The van der Waals surface area contributed by atoms with Crippen LogP contribution >= 0.6 is 11.8 Å². The predicted molar refractivity (Wildman–Crippen MR) is 114 cm³/mol. The third kappa shape index (κ3) is 5.76. The van der Waals surface area contributed by atoms with E-state index in [1.54, 1.807) is 0 Å². The fourth-order valence-electron chi connectivity index (χ4n) is 2.85. The second-order valence-corrected chi connectivity index (χ2v) is 7.46. The van der Waals surface area contributed by atoms with E-state index in [2.05, 4.69) is 23.5 Å². The smallest absolute Gasteiger partial charge is 0.261 e. The Labute approximate surface area is 165 Å². The van der Waals surface area contributed by atoms with Crippen molar-refractivity contribution in [1.29, 1.82) is 0 Å². The number of fused-ring (bicyclic) bond motifs is 1. The van der Waals surface area contributed by atoms with E-state index in [1.807, 2.05) is 73.3 Å². The summed E-state index contributed by atoms with van der Waals surface area (Å²) < 4.78 is 5.94. The summed E-state index contributed by atoms with van der Waals surface area (Å²) in [5.41, 5.74) is 1.31. The first-order valence-electron chi connectivity index (χ1n) is 9.31. The average Bonchev–Trinajstić information content (AvgIpc) is 2.72. The molecule has 0 saturated carbocycles. The zero-order valence-electron chi connectivity index (χ0n) is 15.6. The van der Waals surface area contributed by atoms with Gasteiger partial charge < -0.3 is 10.1 Å². The van der Waals surface area contributed by atoms with Crippen LogP contribution < -0.4 is 10.1 Å². The Bertz CT molecular complexity index is 866. The van der Waals surface area contributed by atoms with Crippen molar-refractivity contribution in [3.05, 3.63) is 78.4 Å². The molecule has 0 radical (unpaired) electrons. The lowest BCUT2D eigenvalue weighted by Gasteiger charge is -2.17. The van der Waals surface area contributed by atoms with Crippen LogP contribution in [0.3, 0.4) is 0 Å². The number of hydrogen-bond donors (Lipinski definition) is 1. The first-order chi connectivity index (χ1) is 13.3. The Morgan fingerprint density at radius 1 is 1.00 bits per heavy atom. The first-order valence-corrected chi connectivity index (χ1v) is 10.5. The summed E-state index contributed by atoms with van der Waals surface area (Å²) in [5.74, 6) is 2.52. The molecule has 4 heteroatoms. The normalized spacial score (nSPS) is 11.9. The lowest BCUT2D eigenvalue weighted by Crippen LogP contribution is -2.39. The summed E-state index contributed by atoms with van der Waals surface area (Å²) in [6, 6.07) is 24.4. The molecule has 0 heterocycles. The van der Waals surface area contributed by atoms with Gasteiger partial charge in [0, 0.05) is 18.1 Å². The zero-order valence-corrected chi connectivity index (χ0v) is 16.4. The fourth-order valence-corrected chi connectivity index (χ4v) is 3.67. The molecule has 0 aliphatic carbocycles. The highest BCUT2D eigenvalue weighted by Gasteiger charge is 2.17. The predicted octanol–water partition coefficient (Wildman–Crippen LogP) is 5.05. The number of nitrogens with one attached hydrogen (secondary N) is 1. The molecule has 3 aromatic carbocycles. The molecular formula is C23H25NO2S. The minimum absolute atomic E-state index is 0.0500. The topological polar surface area (TPSA) is 38.3 Å². The second-order valence-electron chi connectivity index (χ2n) is 6.35. The molecule has 3 rings (SSSR count).